The zero-order valence-corrected chi connectivity index (χ0v) is 18.9. The van der Waals surface area contributed by atoms with Gasteiger partial charge in [0.1, 0.15) is 12.4 Å². The Hall–Kier alpha value is -3.06. The van der Waals surface area contributed by atoms with Crippen LogP contribution in [0, 0.1) is 11.7 Å². The van der Waals surface area contributed by atoms with E-state index >= 15 is 0 Å². The number of rotatable bonds is 4. The van der Waals surface area contributed by atoms with E-state index in [-0.39, 0.29) is 24.2 Å². The van der Waals surface area contributed by atoms with Crippen LogP contribution in [0.5, 0.6) is 0 Å². The van der Waals surface area contributed by atoms with Gasteiger partial charge < -0.3 is 19.5 Å². The molecule has 1 aliphatic carbocycles. The van der Waals surface area contributed by atoms with Crippen LogP contribution in [0.2, 0.25) is 5.02 Å². The number of aromatic nitrogens is 1. The summed E-state index contributed by atoms with van der Waals surface area (Å²) in [5, 5.41) is 10.9. The maximum absolute atomic E-state index is 13.4. The van der Waals surface area contributed by atoms with Gasteiger partial charge in [-0.2, -0.15) is 0 Å². The predicted octanol–water partition coefficient (Wildman–Crippen LogP) is 3.97. The lowest BCUT2D eigenvalue weighted by atomic mass is 9.85. The first-order chi connectivity index (χ1) is 15.9. The third-order valence-corrected chi connectivity index (χ3v) is 7.17. The molecule has 0 radical (unpaired) electrons. The van der Waals surface area contributed by atoms with E-state index in [4.69, 9.17) is 11.6 Å². The summed E-state index contributed by atoms with van der Waals surface area (Å²) in [6.07, 6.45) is 1.94. The number of halogens is 2. The molecular formula is C25H25ClFN3O3. The summed E-state index contributed by atoms with van der Waals surface area (Å²) >= 11 is 6.44. The third kappa shape index (κ3) is 4.06. The Morgan fingerprint density at radius 3 is 2.48 bits per heavy atom. The number of hydrogen-bond acceptors (Lipinski definition) is 3. The van der Waals surface area contributed by atoms with Crippen LogP contribution >= 0.6 is 11.6 Å². The van der Waals surface area contributed by atoms with Gasteiger partial charge in [-0.05, 0) is 55.2 Å². The summed E-state index contributed by atoms with van der Waals surface area (Å²) in [7, 11) is 0. The monoisotopic (exact) mass is 469 g/mol. The number of para-hydroxylation sites is 1. The van der Waals surface area contributed by atoms with E-state index in [1.165, 1.54) is 12.1 Å². The number of carboxylic acid groups (broad SMARTS) is 1. The second-order valence-electron chi connectivity index (χ2n) is 8.77. The molecule has 172 valence electrons. The first-order valence-electron chi connectivity index (χ1n) is 11.2. The standard InChI is InChI=1S/C25H25ClFN3O3/c26-21-3-1-2-19-20-14-16(4-9-22(20)30(24(19)21)15-23(31)32)25(33)29-12-10-28(11-13-29)18-7-5-17(27)6-8-18/h1-3,5-8,16H,4,9-15H2,(H,31,32). The average molecular weight is 470 g/mol. The van der Waals surface area contributed by atoms with E-state index in [9.17, 15) is 19.1 Å². The van der Waals surface area contributed by atoms with Crippen molar-refractivity contribution < 1.29 is 19.1 Å². The van der Waals surface area contributed by atoms with Crippen LogP contribution in [-0.2, 0) is 29.0 Å². The molecule has 0 saturated carbocycles. The maximum Gasteiger partial charge on any atom is 0.323 e. The lowest BCUT2D eigenvalue weighted by molar-refractivity contribution is -0.138. The minimum absolute atomic E-state index is 0.127. The zero-order valence-electron chi connectivity index (χ0n) is 18.1. The van der Waals surface area contributed by atoms with Crippen molar-refractivity contribution in [1.82, 2.24) is 9.47 Å². The number of nitrogens with zero attached hydrogens (tertiary/aromatic N) is 3. The predicted molar refractivity (Wildman–Crippen MR) is 125 cm³/mol. The van der Waals surface area contributed by atoms with Gasteiger partial charge in [0.05, 0.1) is 10.5 Å². The van der Waals surface area contributed by atoms with Crippen LogP contribution in [0.4, 0.5) is 10.1 Å². The number of hydrogen-bond donors (Lipinski definition) is 1. The summed E-state index contributed by atoms with van der Waals surface area (Å²) in [5.74, 6) is -1.14. The number of anilines is 1. The lowest BCUT2D eigenvalue weighted by Gasteiger charge is -2.38. The van der Waals surface area contributed by atoms with Crippen LogP contribution in [0.15, 0.2) is 42.5 Å². The molecule has 3 aromatic rings. The van der Waals surface area contributed by atoms with Crippen LogP contribution in [0.25, 0.3) is 10.9 Å². The smallest absolute Gasteiger partial charge is 0.323 e. The van der Waals surface area contributed by atoms with E-state index in [0.29, 0.717) is 50.5 Å². The van der Waals surface area contributed by atoms with Gasteiger partial charge in [-0.3, -0.25) is 9.59 Å². The Balaban J connectivity index is 1.33. The van der Waals surface area contributed by atoms with Gasteiger partial charge in [-0.1, -0.05) is 23.7 Å². The second kappa shape index (κ2) is 8.71. The molecule has 1 saturated heterocycles. The highest BCUT2D eigenvalue weighted by molar-refractivity contribution is 6.35. The molecular weight excluding hydrogens is 445 g/mol. The van der Waals surface area contributed by atoms with Crippen molar-refractivity contribution in [3.8, 4) is 0 Å². The van der Waals surface area contributed by atoms with Crippen molar-refractivity contribution in [1.29, 1.82) is 0 Å². The number of aliphatic carboxylic acids is 1. The maximum atomic E-state index is 13.4. The minimum atomic E-state index is -0.910. The van der Waals surface area contributed by atoms with Gasteiger partial charge in [0, 0.05) is 48.9 Å². The molecule has 1 aliphatic heterocycles. The van der Waals surface area contributed by atoms with Gasteiger partial charge in [-0.25, -0.2) is 4.39 Å². The lowest BCUT2D eigenvalue weighted by Crippen LogP contribution is -2.51. The second-order valence-corrected chi connectivity index (χ2v) is 9.18. The highest BCUT2D eigenvalue weighted by atomic mass is 35.5. The van der Waals surface area contributed by atoms with E-state index in [1.807, 2.05) is 17.0 Å². The van der Waals surface area contributed by atoms with E-state index in [1.54, 1.807) is 22.8 Å². The van der Waals surface area contributed by atoms with Crippen molar-refractivity contribution in [2.45, 2.75) is 25.8 Å². The number of fused-ring (bicyclic) bond motifs is 3. The summed E-state index contributed by atoms with van der Waals surface area (Å²) in [5.41, 5.74) is 3.73. The molecule has 2 heterocycles. The first kappa shape index (κ1) is 21.8. The number of benzene rings is 2. The highest BCUT2D eigenvalue weighted by Crippen LogP contribution is 2.38. The van der Waals surface area contributed by atoms with Crippen LogP contribution in [-0.4, -0.2) is 52.6 Å². The van der Waals surface area contributed by atoms with Gasteiger partial charge in [0.2, 0.25) is 5.91 Å². The van der Waals surface area contributed by atoms with Crippen LogP contribution in [0.1, 0.15) is 17.7 Å². The molecule has 2 aliphatic rings. The molecule has 1 atom stereocenters. The van der Waals surface area contributed by atoms with Gasteiger partial charge in [-0.15, -0.1) is 0 Å². The Labute approximate surface area is 196 Å². The van der Waals surface area contributed by atoms with Crippen molar-refractivity contribution in [2.24, 2.45) is 5.92 Å². The van der Waals surface area contributed by atoms with E-state index in [0.717, 1.165) is 27.8 Å². The third-order valence-electron chi connectivity index (χ3n) is 6.86. The highest BCUT2D eigenvalue weighted by Gasteiger charge is 2.33. The molecule has 5 rings (SSSR count). The SMILES string of the molecule is O=C(O)Cn1c2c(c3cccc(Cl)c31)CC(C(=O)N1CCN(c3ccc(F)cc3)CC1)CC2. The fourth-order valence-electron chi connectivity index (χ4n) is 5.28. The Morgan fingerprint density at radius 2 is 1.79 bits per heavy atom. The number of amides is 1. The van der Waals surface area contributed by atoms with Crippen molar-refractivity contribution in [3.63, 3.8) is 0 Å². The van der Waals surface area contributed by atoms with E-state index in [2.05, 4.69) is 4.90 Å². The average Bonchev–Trinajstić information content (AvgIpc) is 3.13. The quantitative estimate of drug-likeness (QED) is 0.628. The largest absolute Gasteiger partial charge is 0.480 e. The summed E-state index contributed by atoms with van der Waals surface area (Å²) in [6, 6.07) is 12.1. The van der Waals surface area contributed by atoms with Gasteiger partial charge >= 0.3 is 5.97 Å². The van der Waals surface area contributed by atoms with Crippen molar-refractivity contribution >= 4 is 40.1 Å². The number of carbonyl (C=O) groups excluding carboxylic acids is 1. The number of piperazine rings is 1. The van der Waals surface area contributed by atoms with E-state index < -0.39 is 5.97 Å². The Morgan fingerprint density at radius 1 is 1.06 bits per heavy atom. The Kier molecular flexibility index (Phi) is 5.74. The number of carboxylic acids is 1. The molecule has 1 amide bonds. The topological polar surface area (TPSA) is 65.8 Å². The minimum Gasteiger partial charge on any atom is -0.480 e. The van der Waals surface area contributed by atoms with Gasteiger partial charge in [0.15, 0.2) is 0 Å². The molecule has 8 heteroatoms. The zero-order chi connectivity index (χ0) is 23.1. The van der Waals surface area contributed by atoms with Crippen molar-refractivity contribution in [3.05, 3.63) is 64.6 Å². The molecule has 0 bridgehead atoms. The first-order valence-corrected chi connectivity index (χ1v) is 11.6. The normalized spacial score (nSPS) is 18.4. The molecule has 33 heavy (non-hydrogen) atoms. The molecule has 2 aromatic carbocycles. The van der Waals surface area contributed by atoms with Crippen LogP contribution in [0.3, 0.4) is 0 Å². The molecule has 1 unspecified atom stereocenters. The fraction of sp³-hybridized carbons (Fsp3) is 0.360. The fourth-order valence-corrected chi connectivity index (χ4v) is 5.55. The summed E-state index contributed by atoms with van der Waals surface area (Å²) in [4.78, 5) is 29.0. The molecule has 1 aromatic heterocycles. The molecule has 1 N–H and O–H groups in total. The Bertz CT molecular complexity index is 1220. The molecule has 1 fully saturated rings. The summed E-state index contributed by atoms with van der Waals surface area (Å²) < 4.78 is 15.0. The van der Waals surface area contributed by atoms with Crippen LogP contribution < -0.4 is 4.90 Å². The molecule has 6 nitrogen and oxygen atoms in total. The molecule has 0 spiro atoms. The summed E-state index contributed by atoms with van der Waals surface area (Å²) in [6.45, 7) is 2.55. The van der Waals surface area contributed by atoms with Crippen molar-refractivity contribution in [2.75, 3.05) is 31.1 Å². The number of carbonyl (C=O) groups is 2. The van der Waals surface area contributed by atoms with Gasteiger partial charge in [0.25, 0.3) is 0 Å².